The largest absolute Gasteiger partial charge is 0.348 e. The Hall–Kier alpha value is -2.73. The molecule has 0 aliphatic carbocycles. The number of benzene rings is 1. The maximum Gasteiger partial charge on any atom is 0.251 e. The van der Waals surface area contributed by atoms with Crippen molar-refractivity contribution in [2.24, 2.45) is 7.05 Å². The van der Waals surface area contributed by atoms with E-state index in [1.165, 1.54) is 12.1 Å². The van der Waals surface area contributed by atoms with E-state index in [1.54, 1.807) is 36.3 Å². The molecule has 0 unspecified atom stereocenters. The maximum atomic E-state index is 12.7. The Bertz CT molecular complexity index is 1340. The van der Waals surface area contributed by atoms with Crippen molar-refractivity contribution in [3.63, 3.8) is 0 Å². The van der Waals surface area contributed by atoms with Gasteiger partial charge in [-0.15, -0.1) is 0 Å². The van der Waals surface area contributed by atoms with E-state index in [4.69, 9.17) is 0 Å². The molecule has 0 saturated heterocycles. The quantitative estimate of drug-likeness (QED) is 0.383. The number of carbonyl (C=O) groups is 1. The fourth-order valence-corrected chi connectivity index (χ4v) is 5.91. The first kappa shape index (κ1) is 20.5. The summed E-state index contributed by atoms with van der Waals surface area (Å²) in [4.78, 5) is 16.9. The number of nitrogens with zero attached hydrogens (tertiary/aromatic N) is 4. The third kappa shape index (κ3) is 4.38. The summed E-state index contributed by atoms with van der Waals surface area (Å²) in [5.74, 6) is -0.459. The number of carbonyl (C=O) groups excluding carboxylic acids is 1. The molecule has 1 N–H and O–H groups in total. The smallest absolute Gasteiger partial charge is 0.251 e. The highest BCUT2D eigenvalue weighted by Crippen LogP contribution is 2.23. The molecule has 30 heavy (non-hydrogen) atoms. The zero-order valence-electron chi connectivity index (χ0n) is 16.0. The van der Waals surface area contributed by atoms with Crippen LogP contribution in [0, 0.1) is 3.57 Å². The van der Waals surface area contributed by atoms with Crippen LogP contribution in [0.5, 0.6) is 0 Å². The number of aryl methyl sites for hydroxylation is 1. The molecular weight excluding hydrogens is 517 g/mol. The van der Waals surface area contributed by atoms with Crippen LogP contribution in [0.4, 0.5) is 0 Å². The van der Waals surface area contributed by atoms with Gasteiger partial charge in [0.05, 0.1) is 16.3 Å². The summed E-state index contributed by atoms with van der Waals surface area (Å²) in [7, 11) is -1.83. The van der Waals surface area contributed by atoms with Crippen molar-refractivity contribution in [2.75, 3.05) is 0 Å². The zero-order valence-corrected chi connectivity index (χ0v) is 19.0. The molecule has 10 heteroatoms. The third-order valence-corrected chi connectivity index (χ3v) is 7.50. The first-order valence-corrected chi connectivity index (χ1v) is 11.8. The Morgan fingerprint density at radius 3 is 2.73 bits per heavy atom. The molecule has 4 aromatic rings. The first-order chi connectivity index (χ1) is 14.3. The maximum absolute atomic E-state index is 12.7. The van der Waals surface area contributed by atoms with E-state index in [2.05, 4.69) is 15.4 Å². The van der Waals surface area contributed by atoms with Gasteiger partial charge in [-0.05, 0) is 58.5 Å². The topological polar surface area (TPSA) is 98.4 Å². The Labute approximate surface area is 187 Å². The molecule has 0 saturated carbocycles. The average Bonchev–Trinajstić information content (AvgIpc) is 3.33. The van der Waals surface area contributed by atoms with Crippen molar-refractivity contribution >= 4 is 44.0 Å². The summed E-state index contributed by atoms with van der Waals surface area (Å²) in [6.07, 6.45) is 7.16. The van der Waals surface area contributed by atoms with Crippen molar-refractivity contribution in [1.29, 1.82) is 0 Å². The van der Waals surface area contributed by atoms with Gasteiger partial charge in [0, 0.05) is 47.5 Å². The number of fused-ring (bicyclic) bond motifs is 1. The second-order valence-electron chi connectivity index (χ2n) is 6.80. The van der Waals surface area contributed by atoms with Gasteiger partial charge < -0.3 is 9.72 Å². The van der Waals surface area contributed by atoms with E-state index in [-0.39, 0.29) is 16.6 Å². The summed E-state index contributed by atoms with van der Waals surface area (Å²) in [5, 5.41) is 6.99. The molecule has 1 amide bonds. The van der Waals surface area contributed by atoms with E-state index in [1.807, 2.05) is 51.5 Å². The predicted molar refractivity (Wildman–Crippen MR) is 120 cm³/mol. The summed E-state index contributed by atoms with van der Waals surface area (Å²) >= 11 is 1.95. The minimum Gasteiger partial charge on any atom is -0.348 e. The van der Waals surface area contributed by atoms with Gasteiger partial charge in [-0.2, -0.15) is 5.10 Å². The molecule has 4 rings (SSSR count). The van der Waals surface area contributed by atoms with Gasteiger partial charge in [0.15, 0.2) is 9.84 Å². The molecule has 0 aliphatic rings. The average molecular weight is 535 g/mol. The van der Waals surface area contributed by atoms with Crippen LogP contribution in [0.1, 0.15) is 21.6 Å². The summed E-state index contributed by atoms with van der Waals surface area (Å²) < 4.78 is 29.4. The minimum absolute atomic E-state index is 0.188. The zero-order chi connectivity index (χ0) is 21.3. The van der Waals surface area contributed by atoms with Crippen molar-refractivity contribution in [3.05, 3.63) is 81.6 Å². The van der Waals surface area contributed by atoms with Crippen molar-refractivity contribution in [1.82, 2.24) is 24.5 Å². The van der Waals surface area contributed by atoms with Crippen LogP contribution in [0.3, 0.4) is 0 Å². The van der Waals surface area contributed by atoms with E-state index >= 15 is 0 Å². The van der Waals surface area contributed by atoms with Crippen LogP contribution in [-0.4, -0.2) is 33.5 Å². The molecule has 3 heterocycles. The highest BCUT2D eigenvalue weighted by atomic mass is 127. The number of rotatable bonds is 6. The fraction of sp³-hybridized carbons (Fsp3) is 0.150. The van der Waals surface area contributed by atoms with Crippen molar-refractivity contribution in [2.45, 2.75) is 17.2 Å². The second-order valence-corrected chi connectivity index (χ2v) is 9.92. The summed E-state index contributed by atoms with van der Waals surface area (Å²) in [6.45, 7) is 0.350. The van der Waals surface area contributed by atoms with E-state index in [9.17, 15) is 13.2 Å². The molecular formula is C20H18IN5O3S. The lowest BCUT2D eigenvalue weighted by Crippen LogP contribution is -2.23. The van der Waals surface area contributed by atoms with Gasteiger partial charge in [0.25, 0.3) is 5.91 Å². The highest BCUT2D eigenvalue weighted by Gasteiger charge is 2.21. The van der Waals surface area contributed by atoms with Crippen LogP contribution < -0.4 is 5.32 Å². The van der Waals surface area contributed by atoms with Gasteiger partial charge >= 0.3 is 0 Å². The molecule has 0 fully saturated rings. The number of hydrogen-bond donors (Lipinski definition) is 1. The molecule has 0 aliphatic heterocycles. The monoisotopic (exact) mass is 535 g/mol. The lowest BCUT2D eigenvalue weighted by atomic mass is 10.2. The molecule has 3 aromatic heterocycles. The van der Waals surface area contributed by atoms with Gasteiger partial charge in [0.1, 0.15) is 5.65 Å². The van der Waals surface area contributed by atoms with Gasteiger partial charge in [-0.1, -0.05) is 6.07 Å². The highest BCUT2D eigenvalue weighted by molar-refractivity contribution is 14.1. The van der Waals surface area contributed by atoms with Gasteiger partial charge in [-0.3, -0.25) is 9.48 Å². The molecule has 1 aromatic carbocycles. The van der Waals surface area contributed by atoms with Gasteiger partial charge in [0.2, 0.25) is 0 Å². The van der Waals surface area contributed by atoms with Crippen molar-refractivity contribution in [3.8, 4) is 0 Å². The van der Waals surface area contributed by atoms with Crippen LogP contribution in [0.25, 0.3) is 5.65 Å². The number of nitrogens with one attached hydrogen (secondary N) is 1. The number of pyridine rings is 1. The summed E-state index contributed by atoms with van der Waals surface area (Å²) in [5.41, 5.74) is 2.64. The van der Waals surface area contributed by atoms with E-state index in [0.29, 0.717) is 21.4 Å². The molecule has 154 valence electrons. The lowest BCUT2D eigenvalue weighted by molar-refractivity contribution is 0.0950. The number of imidazole rings is 1. The number of hydrogen-bond acceptors (Lipinski definition) is 5. The Kier molecular flexibility index (Phi) is 5.60. The standard InChI is InChI=1S/C20H18IN5O3S/c1-25-8-6-16(24-25)13-30(28,29)18-4-3-15(10-17(18)21)20(27)23-11-14-2-5-19-22-7-9-26(19)12-14/h2-10,12H,11,13H2,1H3,(H,23,27). The Morgan fingerprint density at radius 2 is 2.00 bits per heavy atom. The third-order valence-electron chi connectivity index (χ3n) is 4.54. The van der Waals surface area contributed by atoms with Gasteiger partial charge in [-0.25, -0.2) is 13.4 Å². The molecule has 8 nitrogen and oxygen atoms in total. The van der Waals surface area contributed by atoms with E-state index < -0.39 is 9.84 Å². The minimum atomic E-state index is -3.57. The summed E-state index contributed by atoms with van der Waals surface area (Å²) in [6, 6.07) is 10.0. The Balaban J connectivity index is 1.47. The fourth-order valence-electron chi connectivity index (χ4n) is 3.06. The van der Waals surface area contributed by atoms with Crippen LogP contribution in [-0.2, 0) is 29.2 Å². The van der Waals surface area contributed by atoms with Crippen LogP contribution >= 0.6 is 22.6 Å². The number of halogens is 1. The number of amides is 1. The predicted octanol–water partition coefficient (Wildman–Crippen LogP) is 2.58. The lowest BCUT2D eigenvalue weighted by Gasteiger charge is -2.09. The van der Waals surface area contributed by atoms with Crippen molar-refractivity contribution < 1.29 is 13.2 Å². The second kappa shape index (κ2) is 8.19. The van der Waals surface area contributed by atoms with E-state index in [0.717, 1.165) is 11.2 Å². The normalized spacial score (nSPS) is 11.7. The first-order valence-electron chi connectivity index (χ1n) is 9.02. The SMILES string of the molecule is Cn1ccc(CS(=O)(=O)c2ccc(C(=O)NCc3ccc4nccn4c3)cc2I)n1. The molecule has 0 bridgehead atoms. The Morgan fingerprint density at radius 1 is 1.17 bits per heavy atom. The molecule has 0 spiro atoms. The number of aromatic nitrogens is 4. The van der Waals surface area contributed by atoms with Crippen LogP contribution in [0.15, 0.2) is 66.1 Å². The van der Waals surface area contributed by atoms with Crippen LogP contribution in [0.2, 0.25) is 0 Å². The molecule has 0 radical (unpaired) electrons. The number of sulfone groups is 1. The molecule has 0 atom stereocenters.